The molecule has 4 heteroatoms. The van der Waals surface area contributed by atoms with Gasteiger partial charge in [-0.05, 0) is 42.5 Å². The summed E-state index contributed by atoms with van der Waals surface area (Å²) in [7, 11) is 0. The molecule has 0 amide bonds. The van der Waals surface area contributed by atoms with Crippen molar-refractivity contribution in [1.29, 1.82) is 0 Å². The Hall–Kier alpha value is -3.14. The van der Waals surface area contributed by atoms with Gasteiger partial charge in [0.1, 0.15) is 0 Å². The lowest BCUT2D eigenvalue weighted by atomic mass is 10.1. The molecule has 0 radical (unpaired) electrons. The van der Waals surface area contributed by atoms with Crippen molar-refractivity contribution >= 4 is 22.8 Å². The number of para-hydroxylation sites is 1. The number of rotatable bonds is 3. The van der Waals surface area contributed by atoms with E-state index in [4.69, 9.17) is 9.47 Å². The van der Waals surface area contributed by atoms with Crippen molar-refractivity contribution in [2.45, 2.75) is 0 Å². The van der Waals surface area contributed by atoms with Crippen molar-refractivity contribution < 1.29 is 14.3 Å². The predicted octanol–water partition coefficient (Wildman–Crippen LogP) is 3.86. The highest BCUT2D eigenvalue weighted by atomic mass is 16.7. The summed E-state index contributed by atoms with van der Waals surface area (Å²) in [6.07, 6.45) is 3.24. The maximum Gasteiger partial charge on any atom is 0.231 e. The Morgan fingerprint density at radius 2 is 1.87 bits per heavy atom. The van der Waals surface area contributed by atoms with Gasteiger partial charge in [-0.3, -0.25) is 4.79 Å². The summed E-state index contributed by atoms with van der Waals surface area (Å²) in [5.41, 5.74) is 2.22. The van der Waals surface area contributed by atoms with Gasteiger partial charge in [-0.25, -0.2) is 4.98 Å². The van der Waals surface area contributed by atoms with Gasteiger partial charge in [-0.15, -0.1) is 0 Å². The van der Waals surface area contributed by atoms with Crippen LogP contribution in [0.1, 0.15) is 16.1 Å². The molecule has 1 aromatic heterocycles. The number of ketones is 1. The minimum absolute atomic E-state index is 0.0988. The first-order chi connectivity index (χ1) is 11.3. The van der Waals surface area contributed by atoms with Gasteiger partial charge in [0.2, 0.25) is 6.79 Å². The molecule has 23 heavy (non-hydrogen) atoms. The third-order valence-corrected chi connectivity index (χ3v) is 3.68. The number of nitrogens with zero attached hydrogens (tertiary/aromatic N) is 1. The van der Waals surface area contributed by atoms with E-state index in [-0.39, 0.29) is 12.6 Å². The zero-order chi connectivity index (χ0) is 15.6. The molecular weight excluding hydrogens is 290 g/mol. The number of hydrogen-bond donors (Lipinski definition) is 0. The van der Waals surface area contributed by atoms with Gasteiger partial charge >= 0.3 is 0 Å². The zero-order valence-electron chi connectivity index (χ0n) is 12.2. The number of benzene rings is 2. The van der Waals surface area contributed by atoms with Gasteiger partial charge in [-0.1, -0.05) is 24.3 Å². The van der Waals surface area contributed by atoms with E-state index in [1.165, 1.54) is 6.08 Å². The number of aromatic nitrogens is 1. The minimum Gasteiger partial charge on any atom is -0.454 e. The van der Waals surface area contributed by atoms with Crippen LogP contribution < -0.4 is 9.47 Å². The largest absolute Gasteiger partial charge is 0.454 e. The molecule has 0 aliphatic carbocycles. The smallest absolute Gasteiger partial charge is 0.231 e. The van der Waals surface area contributed by atoms with Crippen molar-refractivity contribution in [3.63, 3.8) is 0 Å². The van der Waals surface area contributed by atoms with E-state index in [1.54, 1.807) is 24.3 Å². The molecule has 1 aliphatic heterocycles. The van der Waals surface area contributed by atoms with Gasteiger partial charge in [0.25, 0.3) is 0 Å². The summed E-state index contributed by atoms with van der Waals surface area (Å²) in [5, 5.41) is 1.08. The van der Waals surface area contributed by atoms with E-state index in [0.29, 0.717) is 17.1 Å². The fourth-order valence-electron chi connectivity index (χ4n) is 2.48. The number of fused-ring (bicyclic) bond motifs is 2. The Kier molecular flexibility index (Phi) is 3.27. The number of hydrogen-bond acceptors (Lipinski definition) is 4. The van der Waals surface area contributed by atoms with Crippen molar-refractivity contribution in [2.24, 2.45) is 0 Å². The monoisotopic (exact) mass is 303 g/mol. The van der Waals surface area contributed by atoms with Crippen LogP contribution in [0.3, 0.4) is 0 Å². The van der Waals surface area contributed by atoms with Gasteiger partial charge in [0.15, 0.2) is 17.3 Å². The van der Waals surface area contributed by atoms with E-state index in [1.807, 2.05) is 36.4 Å². The second-order valence-electron chi connectivity index (χ2n) is 5.19. The average Bonchev–Trinajstić information content (AvgIpc) is 3.07. The standard InChI is InChI=1S/C19H13NO3/c21-17(14-6-10-18-19(11-14)23-12-22-18)9-8-15-7-5-13-3-1-2-4-16(13)20-15/h1-11H,12H2/b9-8+. The second kappa shape index (κ2) is 5.57. The second-order valence-corrected chi connectivity index (χ2v) is 5.19. The van der Waals surface area contributed by atoms with E-state index in [2.05, 4.69) is 4.98 Å². The molecule has 0 spiro atoms. The van der Waals surface area contributed by atoms with Crippen LogP contribution in [-0.4, -0.2) is 17.6 Å². The fraction of sp³-hybridized carbons (Fsp3) is 0.0526. The number of allylic oxidation sites excluding steroid dienone is 1. The molecule has 0 bridgehead atoms. The summed E-state index contributed by atoms with van der Waals surface area (Å²) >= 11 is 0. The van der Waals surface area contributed by atoms with Crippen molar-refractivity contribution in [1.82, 2.24) is 4.98 Å². The molecule has 0 saturated heterocycles. The maximum absolute atomic E-state index is 12.3. The lowest BCUT2D eigenvalue weighted by Gasteiger charge is -2.00. The van der Waals surface area contributed by atoms with Crippen molar-refractivity contribution in [3.8, 4) is 11.5 Å². The molecule has 112 valence electrons. The van der Waals surface area contributed by atoms with Crippen LogP contribution in [0.5, 0.6) is 11.5 Å². The predicted molar refractivity (Wildman–Crippen MR) is 87.7 cm³/mol. The first-order valence-corrected chi connectivity index (χ1v) is 7.27. The van der Waals surface area contributed by atoms with Crippen molar-refractivity contribution in [3.05, 3.63) is 71.9 Å². The highest BCUT2D eigenvalue weighted by Gasteiger charge is 2.15. The van der Waals surface area contributed by atoms with E-state index in [9.17, 15) is 4.79 Å². The summed E-state index contributed by atoms with van der Waals surface area (Å²) in [6.45, 7) is 0.198. The van der Waals surface area contributed by atoms with Crippen LogP contribution in [0.25, 0.3) is 17.0 Å². The van der Waals surface area contributed by atoms with E-state index < -0.39 is 0 Å². The molecule has 0 saturated carbocycles. The number of ether oxygens (including phenoxy) is 2. The molecule has 0 unspecified atom stereocenters. The number of carbonyl (C=O) groups excluding carboxylic acids is 1. The van der Waals surface area contributed by atoms with E-state index in [0.717, 1.165) is 16.6 Å². The average molecular weight is 303 g/mol. The summed E-state index contributed by atoms with van der Waals surface area (Å²) < 4.78 is 10.5. The lowest BCUT2D eigenvalue weighted by molar-refractivity contribution is 0.104. The first kappa shape index (κ1) is 13.5. The molecule has 3 aromatic rings. The quantitative estimate of drug-likeness (QED) is 0.544. The Balaban J connectivity index is 1.58. The fourth-order valence-corrected chi connectivity index (χ4v) is 2.48. The SMILES string of the molecule is O=C(/C=C/c1ccc2ccccc2n1)c1ccc2c(c1)OCO2. The summed E-state index contributed by atoms with van der Waals surface area (Å²) in [4.78, 5) is 16.8. The Morgan fingerprint density at radius 1 is 1.00 bits per heavy atom. The number of pyridine rings is 1. The Bertz CT molecular complexity index is 931. The molecule has 0 atom stereocenters. The normalized spacial score (nSPS) is 12.9. The van der Waals surface area contributed by atoms with Gasteiger partial charge in [0.05, 0.1) is 11.2 Å². The van der Waals surface area contributed by atoms with Crippen LogP contribution >= 0.6 is 0 Å². The van der Waals surface area contributed by atoms with Crippen molar-refractivity contribution in [2.75, 3.05) is 6.79 Å². The summed E-state index contributed by atoms with van der Waals surface area (Å²) in [5.74, 6) is 1.17. The zero-order valence-corrected chi connectivity index (χ0v) is 12.2. The van der Waals surface area contributed by atoms with Crippen LogP contribution in [-0.2, 0) is 0 Å². The highest BCUT2D eigenvalue weighted by Crippen LogP contribution is 2.32. The molecule has 0 N–H and O–H groups in total. The lowest BCUT2D eigenvalue weighted by Crippen LogP contribution is -1.94. The van der Waals surface area contributed by atoms with Gasteiger partial charge < -0.3 is 9.47 Å². The Labute approximate surface area is 133 Å². The van der Waals surface area contributed by atoms with Crippen LogP contribution in [0.4, 0.5) is 0 Å². The molecular formula is C19H13NO3. The number of carbonyl (C=O) groups is 1. The van der Waals surface area contributed by atoms with Crippen LogP contribution in [0, 0.1) is 0 Å². The van der Waals surface area contributed by atoms with Crippen LogP contribution in [0.2, 0.25) is 0 Å². The molecule has 2 aromatic carbocycles. The topological polar surface area (TPSA) is 48.4 Å². The maximum atomic E-state index is 12.3. The first-order valence-electron chi connectivity index (χ1n) is 7.27. The third-order valence-electron chi connectivity index (χ3n) is 3.68. The van der Waals surface area contributed by atoms with Crippen LogP contribution in [0.15, 0.2) is 60.7 Å². The Morgan fingerprint density at radius 3 is 2.83 bits per heavy atom. The highest BCUT2D eigenvalue weighted by molar-refractivity contribution is 6.07. The molecule has 4 nitrogen and oxygen atoms in total. The molecule has 2 heterocycles. The van der Waals surface area contributed by atoms with Gasteiger partial charge in [0, 0.05) is 10.9 Å². The van der Waals surface area contributed by atoms with E-state index >= 15 is 0 Å². The third kappa shape index (κ3) is 2.66. The molecule has 4 rings (SSSR count). The summed E-state index contributed by atoms with van der Waals surface area (Å²) in [6, 6.07) is 16.9. The molecule has 0 fully saturated rings. The van der Waals surface area contributed by atoms with Gasteiger partial charge in [-0.2, -0.15) is 0 Å². The molecule has 1 aliphatic rings. The minimum atomic E-state index is -0.0988.